The first kappa shape index (κ1) is 13.3. The second-order valence-electron chi connectivity index (χ2n) is 2.93. The van der Waals surface area contributed by atoms with Gasteiger partial charge in [0, 0.05) is 6.07 Å². The van der Waals surface area contributed by atoms with Crippen molar-refractivity contribution in [2.24, 2.45) is 0 Å². The maximum absolute atomic E-state index is 13.3. The number of halogens is 3. The molecule has 0 fully saturated rings. The summed E-state index contributed by atoms with van der Waals surface area (Å²) >= 11 is 0. The molecule has 0 saturated heterocycles. The highest BCUT2D eigenvalue weighted by molar-refractivity contribution is 5.87. The number of hydrogen-bond donors (Lipinski definition) is 0. The van der Waals surface area contributed by atoms with Gasteiger partial charge in [-0.1, -0.05) is 0 Å². The molecule has 0 N–H and O–H groups in total. The number of nitrogens with zero attached hydrogens (tertiary/aromatic N) is 1. The van der Waals surface area contributed by atoms with Crippen LogP contribution in [0.2, 0.25) is 0 Å². The third-order valence-corrected chi connectivity index (χ3v) is 1.87. The van der Waals surface area contributed by atoms with Crippen molar-refractivity contribution in [2.45, 2.75) is 13.3 Å². The van der Waals surface area contributed by atoms with Crippen molar-refractivity contribution in [3.8, 4) is 5.88 Å². The Morgan fingerprint density at radius 3 is 2.65 bits per heavy atom. The van der Waals surface area contributed by atoms with Crippen LogP contribution in [0.4, 0.5) is 13.2 Å². The third kappa shape index (κ3) is 2.86. The number of pyridine rings is 1. The molecule has 7 heteroatoms. The van der Waals surface area contributed by atoms with Crippen molar-refractivity contribution in [2.75, 3.05) is 13.7 Å². The molecule has 0 aromatic carbocycles. The Morgan fingerprint density at radius 2 is 2.18 bits per heavy atom. The highest BCUT2D eigenvalue weighted by Gasteiger charge is 2.24. The number of ether oxygens (including phenoxy) is 2. The molecule has 4 nitrogen and oxygen atoms in total. The van der Waals surface area contributed by atoms with Gasteiger partial charge in [-0.05, 0) is 6.92 Å². The molecular formula is C10H10F3NO3. The number of carbonyl (C=O) groups is 1. The van der Waals surface area contributed by atoms with Crippen molar-refractivity contribution >= 4 is 5.97 Å². The number of carbonyl (C=O) groups excluding carboxylic acids is 1. The fourth-order valence-corrected chi connectivity index (χ4v) is 1.16. The SMILES string of the molecule is CCOC(=O)c1cc(F)c(C(F)F)c(OC)n1. The maximum atomic E-state index is 13.3. The second-order valence-corrected chi connectivity index (χ2v) is 2.93. The lowest BCUT2D eigenvalue weighted by Gasteiger charge is -2.09. The van der Waals surface area contributed by atoms with E-state index in [-0.39, 0.29) is 6.61 Å². The monoisotopic (exact) mass is 249 g/mol. The minimum absolute atomic E-state index is 0.0705. The quantitative estimate of drug-likeness (QED) is 0.768. The van der Waals surface area contributed by atoms with Crippen molar-refractivity contribution in [1.29, 1.82) is 0 Å². The van der Waals surface area contributed by atoms with Gasteiger partial charge in [0.2, 0.25) is 5.88 Å². The Kier molecular flexibility index (Phi) is 4.30. The first-order valence-corrected chi connectivity index (χ1v) is 4.71. The lowest BCUT2D eigenvalue weighted by atomic mass is 10.2. The number of esters is 1. The van der Waals surface area contributed by atoms with Gasteiger partial charge in [-0.15, -0.1) is 0 Å². The smallest absolute Gasteiger partial charge is 0.357 e. The highest BCUT2D eigenvalue weighted by Crippen LogP contribution is 2.30. The van der Waals surface area contributed by atoms with Crippen LogP contribution in [0.5, 0.6) is 5.88 Å². The van der Waals surface area contributed by atoms with Crippen LogP contribution in [-0.4, -0.2) is 24.7 Å². The Labute approximate surface area is 95.4 Å². The average Bonchev–Trinajstić information content (AvgIpc) is 2.27. The van der Waals surface area contributed by atoms with Gasteiger partial charge >= 0.3 is 5.97 Å². The first-order chi connectivity index (χ1) is 8.01. The Morgan fingerprint density at radius 1 is 1.53 bits per heavy atom. The number of aromatic nitrogens is 1. The molecular weight excluding hydrogens is 239 g/mol. The Balaban J connectivity index is 3.22. The second kappa shape index (κ2) is 5.51. The molecule has 0 amide bonds. The minimum atomic E-state index is -3.08. The molecule has 0 aliphatic carbocycles. The van der Waals surface area contributed by atoms with E-state index in [0.717, 1.165) is 7.11 Å². The lowest BCUT2D eigenvalue weighted by molar-refractivity contribution is 0.0516. The van der Waals surface area contributed by atoms with E-state index >= 15 is 0 Å². The van der Waals surface area contributed by atoms with E-state index in [9.17, 15) is 18.0 Å². The molecule has 0 aliphatic heterocycles. The summed E-state index contributed by atoms with van der Waals surface area (Å²) in [5.41, 5.74) is -1.38. The summed E-state index contributed by atoms with van der Waals surface area (Å²) in [5, 5.41) is 0. The molecule has 0 unspecified atom stereocenters. The fourth-order valence-electron chi connectivity index (χ4n) is 1.16. The number of hydrogen-bond acceptors (Lipinski definition) is 4. The molecule has 1 rings (SSSR count). The molecule has 1 heterocycles. The average molecular weight is 249 g/mol. The lowest BCUT2D eigenvalue weighted by Crippen LogP contribution is -2.10. The van der Waals surface area contributed by atoms with Crippen LogP contribution in [0, 0.1) is 5.82 Å². The molecule has 17 heavy (non-hydrogen) atoms. The number of rotatable bonds is 4. The van der Waals surface area contributed by atoms with Crippen molar-refractivity contribution in [1.82, 2.24) is 4.98 Å². The third-order valence-electron chi connectivity index (χ3n) is 1.87. The van der Waals surface area contributed by atoms with E-state index < -0.39 is 35.3 Å². The van der Waals surface area contributed by atoms with Crippen LogP contribution < -0.4 is 4.74 Å². The van der Waals surface area contributed by atoms with Crippen LogP contribution >= 0.6 is 0 Å². The number of alkyl halides is 2. The minimum Gasteiger partial charge on any atom is -0.481 e. The van der Waals surface area contributed by atoms with Gasteiger partial charge in [0.25, 0.3) is 6.43 Å². The van der Waals surface area contributed by atoms with Gasteiger partial charge in [0.05, 0.1) is 13.7 Å². The highest BCUT2D eigenvalue weighted by atomic mass is 19.3. The number of methoxy groups -OCH3 is 1. The Bertz CT molecular complexity index is 424. The summed E-state index contributed by atoms with van der Waals surface area (Å²) in [6, 6.07) is 0.599. The molecule has 0 spiro atoms. The predicted octanol–water partition coefficient (Wildman–Crippen LogP) is 2.34. The van der Waals surface area contributed by atoms with Crippen molar-refractivity contribution in [3.05, 3.63) is 23.1 Å². The zero-order chi connectivity index (χ0) is 13.0. The molecule has 0 radical (unpaired) electrons. The normalized spacial score (nSPS) is 10.5. The topological polar surface area (TPSA) is 48.4 Å². The van der Waals surface area contributed by atoms with E-state index in [1.165, 1.54) is 0 Å². The van der Waals surface area contributed by atoms with E-state index in [2.05, 4.69) is 14.5 Å². The molecule has 0 saturated carbocycles. The summed E-state index contributed by atoms with van der Waals surface area (Å²) < 4.78 is 47.4. The van der Waals surface area contributed by atoms with Crippen LogP contribution in [-0.2, 0) is 4.74 Å². The van der Waals surface area contributed by atoms with E-state index in [0.29, 0.717) is 6.07 Å². The standard InChI is InChI=1S/C10H10F3NO3/c1-3-17-10(15)6-4-5(11)7(8(12)13)9(14-6)16-2/h4,8H,3H2,1-2H3. The summed E-state index contributed by atoms with van der Waals surface area (Å²) in [6.45, 7) is 1.63. The molecule has 0 bridgehead atoms. The molecule has 0 atom stereocenters. The van der Waals surface area contributed by atoms with Crippen LogP contribution in [0.1, 0.15) is 29.4 Å². The van der Waals surface area contributed by atoms with Gasteiger partial charge in [-0.2, -0.15) is 0 Å². The van der Waals surface area contributed by atoms with Crippen molar-refractivity contribution < 1.29 is 27.4 Å². The molecule has 94 valence electrons. The predicted molar refractivity (Wildman–Crippen MR) is 51.7 cm³/mol. The van der Waals surface area contributed by atoms with Gasteiger partial charge in [0.1, 0.15) is 11.4 Å². The fraction of sp³-hybridized carbons (Fsp3) is 0.400. The Hall–Kier alpha value is -1.79. The molecule has 0 aliphatic rings. The largest absolute Gasteiger partial charge is 0.481 e. The van der Waals surface area contributed by atoms with E-state index in [4.69, 9.17) is 0 Å². The summed E-state index contributed by atoms with van der Waals surface area (Å²) in [5.74, 6) is -2.77. The van der Waals surface area contributed by atoms with Gasteiger partial charge in [0.15, 0.2) is 5.69 Å². The first-order valence-electron chi connectivity index (χ1n) is 4.71. The van der Waals surface area contributed by atoms with Crippen LogP contribution in [0.25, 0.3) is 0 Å². The van der Waals surface area contributed by atoms with Crippen molar-refractivity contribution in [3.63, 3.8) is 0 Å². The zero-order valence-electron chi connectivity index (χ0n) is 9.17. The van der Waals surface area contributed by atoms with Crippen LogP contribution in [0.3, 0.4) is 0 Å². The van der Waals surface area contributed by atoms with Gasteiger partial charge in [-0.3, -0.25) is 0 Å². The van der Waals surface area contributed by atoms with Gasteiger partial charge < -0.3 is 9.47 Å². The van der Waals surface area contributed by atoms with Gasteiger partial charge in [-0.25, -0.2) is 22.9 Å². The molecule has 1 aromatic heterocycles. The molecule has 1 aromatic rings. The summed E-state index contributed by atoms with van der Waals surface area (Å²) in [6.07, 6.45) is -3.08. The summed E-state index contributed by atoms with van der Waals surface area (Å²) in [7, 11) is 1.06. The van der Waals surface area contributed by atoms with Crippen LogP contribution in [0.15, 0.2) is 6.07 Å². The van der Waals surface area contributed by atoms with E-state index in [1.54, 1.807) is 6.92 Å². The zero-order valence-corrected chi connectivity index (χ0v) is 9.17. The maximum Gasteiger partial charge on any atom is 0.357 e. The summed E-state index contributed by atoms with van der Waals surface area (Å²) in [4.78, 5) is 14.7. The van der Waals surface area contributed by atoms with E-state index in [1.807, 2.05) is 0 Å².